The number of Topliss-reactive ketones (excluding diaryl/α,β-unsaturated/α-hetero) is 1. The van der Waals surface area contributed by atoms with Crippen molar-refractivity contribution in [1.82, 2.24) is 4.90 Å². The molecule has 0 atom stereocenters. The third kappa shape index (κ3) is 3.35. The first-order valence-corrected chi connectivity index (χ1v) is 6.37. The predicted octanol–water partition coefficient (Wildman–Crippen LogP) is -0.470. The number of carboxylic acids is 1. The second kappa shape index (κ2) is 6.17. The normalized spacial score (nSPS) is 16.4. The zero-order valence-corrected chi connectivity index (χ0v) is 11.4. The van der Waals surface area contributed by atoms with Gasteiger partial charge < -0.3 is 14.8 Å². The fourth-order valence-corrected chi connectivity index (χ4v) is 2.04. The molecule has 0 aromatic heterocycles. The number of rotatable bonds is 5. The number of aliphatic carboxylic acids is 1. The highest BCUT2D eigenvalue weighted by molar-refractivity contribution is 6.46. The molecule has 1 aromatic carbocycles. The van der Waals surface area contributed by atoms with Gasteiger partial charge in [0.1, 0.15) is 0 Å². The molecule has 1 aliphatic heterocycles. The van der Waals surface area contributed by atoms with Gasteiger partial charge in [0.25, 0.3) is 11.6 Å². The van der Waals surface area contributed by atoms with Gasteiger partial charge in [0.2, 0.25) is 5.78 Å². The van der Waals surface area contributed by atoms with Gasteiger partial charge >= 0.3 is 0 Å². The second-order valence-corrected chi connectivity index (χ2v) is 4.70. The number of nitrogens with zero attached hydrogens (tertiary/aromatic N) is 2. The summed E-state index contributed by atoms with van der Waals surface area (Å²) in [6, 6.07) is 5.52. The van der Waals surface area contributed by atoms with Gasteiger partial charge in [-0.3, -0.25) is 19.7 Å². The van der Waals surface area contributed by atoms with Gasteiger partial charge in [0.15, 0.2) is 0 Å². The summed E-state index contributed by atoms with van der Waals surface area (Å²) in [7, 11) is 0. The van der Waals surface area contributed by atoms with E-state index in [2.05, 4.69) is 0 Å². The number of likely N-dealkylation sites (tertiary alicyclic amines) is 1. The lowest BCUT2D eigenvalue weighted by Gasteiger charge is -2.13. The van der Waals surface area contributed by atoms with Crippen LogP contribution in [0.25, 0.3) is 6.08 Å². The lowest BCUT2D eigenvalue weighted by Crippen LogP contribution is -2.33. The van der Waals surface area contributed by atoms with Crippen molar-refractivity contribution in [2.24, 2.45) is 0 Å². The number of ketones is 1. The molecule has 0 bridgehead atoms. The van der Waals surface area contributed by atoms with Gasteiger partial charge in [-0.1, -0.05) is 0 Å². The van der Waals surface area contributed by atoms with E-state index in [-0.39, 0.29) is 30.8 Å². The highest BCUT2D eigenvalue weighted by atomic mass is 16.6. The van der Waals surface area contributed by atoms with Crippen LogP contribution in [-0.4, -0.2) is 40.6 Å². The number of benzene rings is 1. The Morgan fingerprint density at radius 2 is 1.91 bits per heavy atom. The Kier molecular flexibility index (Phi) is 4.31. The van der Waals surface area contributed by atoms with E-state index in [1.165, 1.54) is 30.3 Å². The van der Waals surface area contributed by atoms with Crippen molar-refractivity contribution in [2.75, 3.05) is 13.1 Å². The minimum atomic E-state index is -1.30. The zero-order valence-electron chi connectivity index (χ0n) is 11.4. The van der Waals surface area contributed by atoms with Crippen LogP contribution in [-0.2, 0) is 14.4 Å². The van der Waals surface area contributed by atoms with Gasteiger partial charge in [-0.05, 0) is 23.8 Å². The van der Waals surface area contributed by atoms with Gasteiger partial charge in [0.05, 0.1) is 11.5 Å². The van der Waals surface area contributed by atoms with Gasteiger partial charge in [-0.15, -0.1) is 0 Å². The molecule has 114 valence electrons. The summed E-state index contributed by atoms with van der Waals surface area (Å²) in [5, 5.41) is 21.0. The maximum absolute atomic E-state index is 11.8. The van der Waals surface area contributed by atoms with E-state index < -0.39 is 22.6 Å². The Morgan fingerprint density at radius 3 is 2.45 bits per heavy atom. The average molecular weight is 303 g/mol. The minimum absolute atomic E-state index is 0.0158. The number of nitro groups is 1. The summed E-state index contributed by atoms with van der Waals surface area (Å²) in [6.07, 6.45) is 1.12. The van der Waals surface area contributed by atoms with Gasteiger partial charge in [-0.2, -0.15) is 0 Å². The molecule has 0 radical (unpaired) electrons. The fourth-order valence-electron chi connectivity index (χ4n) is 2.04. The molecule has 8 heteroatoms. The summed E-state index contributed by atoms with van der Waals surface area (Å²) < 4.78 is 0. The van der Waals surface area contributed by atoms with Crippen LogP contribution < -0.4 is 5.11 Å². The average Bonchev–Trinajstić information content (AvgIpc) is 2.74. The van der Waals surface area contributed by atoms with E-state index in [0.29, 0.717) is 5.56 Å². The molecular weight excluding hydrogens is 292 g/mol. The molecule has 0 N–H and O–H groups in total. The number of non-ortho nitro benzene ring substituents is 1. The molecule has 0 unspecified atom stereocenters. The Bertz CT molecular complexity index is 677. The van der Waals surface area contributed by atoms with Gasteiger partial charge in [-0.25, -0.2) is 0 Å². The summed E-state index contributed by atoms with van der Waals surface area (Å²) in [5.41, 5.74) is 0.687. The standard InChI is InChI=1S/C14H12N2O6/c17-12(18)5-6-15-8-10(13(19)14(15)20)7-9-1-3-11(4-2-9)16(21)22/h1-4,7H,5-6,8H2,(H,17,18)/p-1/b10-7+. The number of hydrogen-bond acceptors (Lipinski definition) is 6. The summed E-state index contributed by atoms with van der Waals surface area (Å²) in [5.74, 6) is -2.75. The molecule has 1 aromatic rings. The zero-order chi connectivity index (χ0) is 16.3. The van der Waals surface area contributed by atoms with Crippen molar-refractivity contribution in [3.63, 3.8) is 0 Å². The maximum atomic E-state index is 11.8. The lowest BCUT2D eigenvalue weighted by atomic mass is 10.1. The molecule has 0 spiro atoms. The summed E-state index contributed by atoms with van der Waals surface area (Å²) >= 11 is 0. The molecule has 22 heavy (non-hydrogen) atoms. The van der Waals surface area contributed by atoms with E-state index >= 15 is 0 Å². The topological polar surface area (TPSA) is 121 Å². The molecule has 0 aliphatic carbocycles. The Balaban J connectivity index is 2.14. The van der Waals surface area contributed by atoms with E-state index in [0.717, 1.165) is 4.90 Å². The van der Waals surface area contributed by atoms with Crippen LogP contribution in [0, 0.1) is 10.1 Å². The Hall–Kier alpha value is -3.03. The molecule has 1 saturated heterocycles. The van der Waals surface area contributed by atoms with E-state index in [1.807, 2.05) is 0 Å². The Labute approximate surface area is 124 Å². The van der Waals surface area contributed by atoms with E-state index in [9.17, 15) is 29.6 Å². The van der Waals surface area contributed by atoms with Crippen molar-refractivity contribution in [3.05, 3.63) is 45.5 Å². The quantitative estimate of drug-likeness (QED) is 0.314. The Morgan fingerprint density at radius 1 is 1.27 bits per heavy atom. The number of hydrogen-bond donors (Lipinski definition) is 0. The van der Waals surface area contributed by atoms with Crippen LogP contribution >= 0.6 is 0 Å². The molecule has 1 fully saturated rings. The SMILES string of the molecule is O=C([O-])CCN1C/C(=C\c2ccc([N+](=O)[O-])cc2)C(=O)C1=O. The van der Waals surface area contributed by atoms with Crippen LogP contribution in [0.15, 0.2) is 29.8 Å². The van der Waals surface area contributed by atoms with Gasteiger partial charge in [0, 0.05) is 36.6 Å². The fraction of sp³-hybridized carbons (Fsp3) is 0.214. The van der Waals surface area contributed by atoms with Crippen molar-refractivity contribution in [3.8, 4) is 0 Å². The van der Waals surface area contributed by atoms with E-state index in [1.54, 1.807) is 0 Å². The third-order valence-corrected chi connectivity index (χ3v) is 3.16. The minimum Gasteiger partial charge on any atom is -0.550 e. The second-order valence-electron chi connectivity index (χ2n) is 4.70. The first-order chi connectivity index (χ1) is 10.4. The smallest absolute Gasteiger partial charge is 0.294 e. The molecule has 1 heterocycles. The van der Waals surface area contributed by atoms with Crippen molar-refractivity contribution >= 4 is 29.4 Å². The molecule has 2 rings (SSSR count). The van der Waals surface area contributed by atoms with Crippen LogP contribution in [0.1, 0.15) is 12.0 Å². The predicted molar refractivity (Wildman–Crippen MR) is 72.3 cm³/mol. The molecule has 1 amide bonds. The lowest BCUT2D eigenvalue weighted by molar-refractivity contribution is -0.384. The monoisotopic (exact) mass is 303 g/mol. The molecular formula is C14H11N2O6-. The number of nitro benzene ring substituents is 1. The van der Waals surface area contributed by atoms with Crippen LogP contribution in [0.2, 0.25) is 0 Å². The highest BCUT2D eigenvalue weighted by Crippen LogP contribution is 2.19. The first kappa shape index (κ1) is 15.4. The van der Waals surface area contributed by atoms with Crippen LogP contribution in [0.3, 0.4) is 0 Å². The largest absolute Gasteiger partial charge is 0.550 e. The highest BCUT2D eigenvalue weighted by Gasteiger charge is 2.33. The number of amides is 1. The first-order valence-electron chi connectivity index (χ1n) is 6.37. The summed E-state index contributed by atoms with van der Waals surface area (Å²) in [4.78, 5) is 45.1. The molecule has 8 nitrogen and oxygen atoms in total. The van der Waals surface area contributed by atoms with Crippen LogP contribution in [0.4, 0.5) is 5.69 Å². The number of carbonyl (C=O) groups is 3. The van der Waals surface area contributed by atoms with Crippen molar-refractivity contribution in [2.45, 2.75) is 6.42 Å². The van der Waals surface area contributed by atoms with Crippen molar-refractivity contribution in [1.29, 1.82) is 0 Å². The summed E-state index contributed by atoms with van der Waals surface area (Å²) in [6.45, 7) is -0.0769. The van der Waals surface area contributed by atoms with Crippen molar-refractivity contribution < 1.29 is 24.4 Å². The molecule has 0 saturated carbocycles. The number of carboxylic acid groups (broad SMARTS) is 1. The molecule has 1 aliphatic rings. The maximum Gasteiger partial charge on any atom is 0.294 e. The van der Waals surface area contributed by atoms with Crippen LogP contribution in [0.5, 0.6) is 0 Å². The number of carbonyl (C=O) groups excluding carboxylic acids is 3. The third-order valence-electron chi connectivity index (χ3n) is 3.16. The van der Waals surface area contributed by atoms with E-state index in [4.69, 9.17) is 0 Å².